The Labute approximate surface area is 117 Å². The van der Waals surface area contributed by atoms with E-state index in [4.69, 9.17) is 0 Å². The van der Waals surface area contributed by atoms with Crippen LogP contribution in [0, 0.1) is 17.7 Å². The molecule has 0 aliphatic heterocycles. The molecule has 1 N–H and O–H groups in total. The topological polar surface area (TPSA) is 12.0 Å². The largest absolute Gasteiger partial charge is 0.312 e. The molecule has 1 aliphatic rings. The summed E-state index contributed by atoms with van der Waals surface area (Å²) < 4.78 is 13.9. The zero-order valence-corrected chi connectivity index (χ0v) is 12.5. The van der Waals surface area contributed by atoms with E-state index < -0.39 is 0 Å². The summed E-state index contributed by atoms with van der Waals surface area (Å²) in [6.45, 7) is 4.16. The van der Waals surface area contributed by atoms with Crippen molar-refractivity contribution < 1.29 is 4.39 Å². The second-order valence-corrected chi connectivity index (χ2v) is 6.36. The van der Waals surface area contributed by atoms with E-state index in [1.165, 1.54) is 25.7 Å². The fourth-order valence-electron chi connectivity index (χ4n) is 2.60. The van der Waals surface area contributed by atoms with Crippen molar-refractivity contribution in [1.82, 2.24) is 5.32 Å². The van der Waals surface area contributed by atoms with Crippen molar-refractivity contribution in [2.45, 2.75) is 39.2 Å². The van der Waals surface area contributed by atoms with Gasteiger partial charge in [-0.15, -0.1) is 0 Å². The van der Waals surface area contributed by atoms with E-state index >= 15 is 0 Å². The monoisotopic (exact) mass is 313 g/mol. The van der Waals surface area contributed by atoms with Crippen molar-refractivity contribution in [1.29, 1.82) is 0 Å². The first-order chi connectivity index (χ1) is 8.65. The molecule has 1 saturated carbocycles. The van der Waals surface area contributed by atoms with Crippen LogP contribution in [0.4, 0.5) is 4.39 Å². The van der Waals surface area contributed by atoms with Gasteiger partial charge in [-0.1, -0.05) is 25.8 Å². The Morgan fingerprint density at radius 1 is 1.28 bits per heavy atom. The molecule has 1 aromatic carbocycles. The van der Waals surface area contributed by atoms with Crippen molar-refractivity contribution in [2.24, 2.45) is 11.8 Å². The van der Waals surface area contributed by atoms with Gasteiger partial charge in [0, 0.05) is 6.54 Å². The van der Waals surface area contributed by atoms with E-state index in [0.717, 1.165) is 30.5 Å². The van der Waals surface area contributed by atoms with Crippen LogP contribution in [0.15, 0.2) is 22.7 Å². The van der Waals surface area contributed by atoms with Crippen molar-refractivity contribution in [3.8, 4) is 0 Å². The molecule has 0 atom stereocenters. The van der Waals surface area contributed by atoms with Gasteiger partial charge in [0.25, 0.3) is 0 Å². The minimum atomic E-state index is -0.180. The first-order valence-corrected chi connectivity index (χ1v) is 7.59. The third kappa shape index (κ3) is 4.06. The van der Waals surface area contributed by atoms with Crippen molar-refractivity contribution in [3.05, 3.63) is 34.1 Å². The second kappa shape index (κ2) is 6.67. The Morgan fingerprint density at radius 3 is 2.67 bits per heavy atom. The first-order valence-electron chi connectivity index (χ1n) is 6.80. The number of hydrogen-bond acceptors (Lipinski definition) is 1. The zero-order valence-electron chi connectivity index (χ0n) is 10.9. The van der Waals surface area contributed by atoms with Gasteiger partial charge in [-0.25, -0.2) is 4.39 Å². The highest BCUT2D eigenvalue weighted by molar-refractivity contribution is 9.10. The molecule has 1 aliphatic carbocycles. The van der Waals surface area contributed by atoms with Crippen molar-refractivity contribution in [2.75, 3.05) is 6.54 Å². The van der Waals surface area contributed by atoms with Gasteiger partial charge in [0.1, 0.15) is 5.82 Å². The van der Waals surface area contributed by atoms with E-state index in [0.29, 0.717) is 4.47 Å². The Kier molecular flexibility index (Phi) is 5.19. The second-order valence-electron chi connectivity index (χ2n) is 5.51. The van der Waals surface area contributed by atoms with E-state index in [1.54, 1.807) is 12.1 Å². The molecule has 3 heteroatoms. The van der Waals surface area contributed by atoms with Gasteiger partial charge in [-0.05, 0) is 64.8 Å². The fraction of sp³-hybridized carbons (Fsp3) is 0.600. The summed E-state index contributed by atoms with van der Waals surface area (Å²) in [5.74, 6) is 1.53. The van der Waals surface area contributed by atoms with Gasteiger partial charge in [0.05, 0.1) is 4.47 Å². The molecule has 1 fully saturated rings. The lowest BCUT2D eigenvalue weighted by Crippen LogP contribution is -2.25. The Bertz CT molecular complexity index is 386. The summed E-state index contributed by atoms with van der Waals surface area (Å²) in [6.07, 6.45) is 5.39. The number of nitrogens with one attached hydrogen (secondary N) is 1. The summed E-state index contributed by atoms with van der Waals surface area (Å²) in [4.78, 5) is 0. The fourth-order valence-corrected chi connectivity index (χ4v) is 2.85. The quantitative estimate of drug-likeness (QED) is 0.862. The third-order valence-electron chi connectivity index (χ3n) is 3.88. The lowest BCUT2D eigenvalue weighted by atomic mass is 9.83. The van der Waals surface area contributed by atoms with Crippen LogP contribution in [0.5, 0.6) is 0 Å². The van der Waals surface area contributed by atoms with Crippen LogP contribution in [0.25, 0.3) is 0 Å². The molecular formula is C15H21BrFN. The van der Waals surface area contributed by atoms with Crippen LogP contribution < -0.4 is 5.32 Å². The molecule has 0 radical (unpaired) electrons. The molecule has 0 bridgehead atoms. The van der Waals surface area contributed by atoms with Gasteiger partial charge >= 0.3 is 0 Å². The maximum absolute atomic E-state index is 13.3. The smallest absolute Gasteiger partial charge is 0.137 e. The molecule has 1 nitrogen and oxygen atoms in total. The molecule has 100 valence electrons. The maximum Gasteiger partial charge on any atom is 0.137 e. The number of hydrogen-bond donors (Lipinski definition) is 1. The summed E-state index contributed by atoms with van der Waals surface area (Å²) in [5, 5.41) is 3.45. The van der Waals surface area contributed by atoms with Gasteiger partial charge in [0.15, 0.2) is 0 Å². The zero-order chi connectivity index (χ0) is 13.0. The highest BCUT2D eigenvalue weighted by atomic mass is 79.9. The molecule has 0 unspecified atom stereocenters. The molecule has 1 aromatic rings. The Hall–Kier alpha value is -0.410. The van der Waals surface area contributed by atoms with Crippen LogP contribution in [-0.4, -0.2) is 6.54 Å². The molecule has 0 heterocycles. The number of halogens is 2. The highest BCUT2D eigenvalue weighted by Gasteiger charge is 2.17. The van der Waals surface area contributed by atoms with Crippen LogP contribution in [-0.2, 0) is 6.54 Å². The lowest BCUT2D eigenvalue weighted by molar-refractivity contribution is 0.281. The van der Waals surface area contributed by atoms with Gasteiger partial charge < -0.3 is 5.32 Å². The maximum atomic E-state index is 13.3. The number of rotatable bonds is 4. The van der Waals surface area contributed by atoms with E-state index in [1.807, 2.05) is 6.07 Å². The van der Waals surface area contributed by atoms with E-state index in [9.17, 15) is 4.39 Å². The van der Waals surface area contributed by atoms with Gasteiger partial charge in [0.2, 0.25) is 0 Å². The predicted molar refractivity (Wildman–Crippen MR) is 76.9 cm³/mol. The molecule has 0 spiro atoms. The van der Waals surface area contributed by atoms with Crippen LogP contribution in [0.3, 0.4) is 0 Å². The van der Waals surface area contributed by atoms with E-state index in [-0.39, 0.29) is 5.82 Å². The normalized spacial score (nSPS) is 24.2. The average Bonchev–Trinajstić information content (AvgIpc) is 2.36. The van der Waals surface area contributed by atoms with Crippen LogP contribution in [0.1, 0.15) is 38.2 Å². The van der Waals surface area contributed by atoms with Crippen LogP contribution in [0.2, 0.25) is 0 Å². The SMILES string of the molecule is CC1CCC(CNCc2ccc(Br)c(F)c2)CC1. The predicted octanol–water partition coefficient (Wildman–Crippen LogP) is 4.50. The first kappa shape index (κ1) is 14.0. The molecule has 0 aromatic heterocycles. The summed E-state index contributed by atoms with van der Waals surface area (Å²) in [7, 11) is 0. The molecule has 0 saturated heterocycles. The van der Waals surface area contributed by atoms with Gasteiger partial charge in [-0.3, -0.25) is 0 Å². The molecule has 18 heavy (non-hydrogen) atoms. The minimum absolute atomic E-state index is 0.180. The third-order valence-corrected chi connectivity index (χ3v) is 4.52. The minimum Gasteiger partial charge on any atom is -0.312 e. The van der Waals surface area contributed by atoms with Gasteiger partial charge in [-0.2, -0.15) is 0 Å². The Balaban J connectivity index is 1.73. The molecule has 0 amide bonds. The average molecular weight is 314 g/mol. The number of benzene rings is 1. The van der Waals surface area contributed by atoms with Crippen molar-refractivity contribution in [3.63, 3.8) is 0 Å². The summed E-state index contributed by atoms with van der Waals surface area (Å²) >= 11 is 3.17. The Morgan fingerprint density at radius 2 is 2.00 bits per heavy atom. The van der Waals surface area contributed by atoms with Crippen molar-refractivity contribution >= 4 is 15.9 Å². The molecule has 2 rings (SSSR count). The van der Waals surface area contributed by atoms with Crippen LogP contribution >= 0.6 is 15.9 Å². The standard InChI is InChI=1S/C15H21BrFN/c1-11-2-4-12(5-3-11)9-18-10-13-6-7-14(16)15(17)8-13/h6-8,11-12,18H,2-5,9-10H2,1H3. The van der Waals surface area contributed by atoms with E-state index in [2.05, 4.69) is 28.2 Å². The summed E-state index contributed by atoms with van der Waals surface area (Å²) in [6, 6.07) is 5.33. The summed E-state index contributed by atoms with van der Waals surface area (Å²) in [5.41, 5.74) is 1.01. The highest BCUT2D eigenvalue weighted by Crippen LogP contribution is 2.27. The molecular weight excluding hydrogens is 293 g/mol. The lowest BCUT2D eigenvalue weighted by Gasteiger charge is -2.26.